The second-order valence-corrected chi connectivity index (χ2v) is 8.71. The van der Waals surface area contributed by atoms with Gasteiger partial charge in [0.1, 0.15) is 5.76 Å². The predicted octanol–water partition coefficient (Wildman–Crippen LogP) is 5.19. The second kappa shape index (κ2) is 9.53. The molecule has 0 amide bonds. The van der Waals surface area contributed by atoms with Gasteiger partial charge in [-0.1, -0.05) is 62.4 Å². The van der Waals surface area contributed by atoms with E-state index in [-0.39, 0.29) is 36.2 Å². The lowest BCUT2D eigenvalue weighted by Gasteiger charge is -2.19. The van der Waals surface area contributed by atoms with E-state index in [1.807, 2.05) is 68.4 Å². The van der Waals surface area contributed by atoms with Crippen LogP contribution in [0.3, 0.4) is 0 Å². The van der Waals surface area contributed by atoms with Crippen molar-refractivity contribution in [3.8, 4) is 0 Å². The predicted molar refractivity (Wildman–Crippen MR) is 126 cm³/mol. The van der Waals surface area contributed by atoms with E-state index >= 15 is 0 Å². The highest BCUT2D eigenvalue weighted by molar-refractivity contribution is 5.96. The quantitative estimate of drug-likeness (QED) is 0.464. The molecule has 2 unspecified atom stereocenters. The van der Waals surface area contributed by atoms with Crippen LogP contribution in [0.2, 0.25) is 0 Å². The number of benzene rings is 2. The van der Waals surface area contributed by atoms with Gasteiger partial charge in [0.2, 0.25) is 0 Å². The van der Waals surface area contributed by atoms with Crippen molar-refractivity contribution < 1.29 is 24.2 Å². The van der Waals surface area contributed by atoms with Crippen molar-refractivity contribution in [3.63, 3.8) is 0 Å². The van der Waals surface area contributed by atoms with E-state index in [1.54, 1.807) is 6.92 Å². The molecule has 6 heteroatoms. The van der Waals surface area contributed by atoms with Gasteiger partial charge in [0.15, 0.2) is 6.10 Å². The van der Waals surface area contributed by atoms with Crippen LogP contribution in [0.5, 0.6) is 0 Å². The van der Waals surface area contributed by atoms with E-state index in [9.17, 15) is 14.7 Å². The fourth-order valence-electron chi connectivity index (χ4n) is 4.52. The summed E-state index contributed by atoms with van der Waals surface area (Å²) in [5, 5.41) is 12.0. The number of esters is 2. The number of fused-ring (bicyclic) bond motifs is 1. The van der Waals surface area contributed by atoms with Crippen molar-refractivity contribution in [2.45, 2.75) is 45.6 Å². The molecule has 0 bridgehead atoms. The van der Waals surface area contributed by atoms with Crippen LogP contribution in [0, 0.1) is 5.92 Å². The maximum atomic E-state index is 13.1. The van der Waals surface area contributed by atoms with Crippen molar-refractivity contribution in [3.05, 3.63) is 82.8 Å². The molecule has 0 fully saturated rings. The number of nitrogens with one attached hydrogen (secondary N) is 1. The Labute approximate surface area is 193 Å². The van der Waals surface area contributed by atoms with Gasteiger partial charge < -0.3 is 19.6 Å². The zero-order valence-electron chi connectivity index (χ0n) is 19.1. The molecule has 0 saturated heterocycles. The van der Waals surface area contributed by atoms with Crippen LogP contribution >= 0.6 is 0 Å². The van der Waals surface area contributed by atoms with E-state index in [1.165, 1.54) is 0 Å². The number of aliphatic hydroxyl groups is 1. The average molecular weight is 448 g/mol. The third-order valence-electron chi connectivity index (χ3n) is 5.92. The van der Waals surface area contributed by atoms with Crippen LogP contribution in [-0.2, 0) is 25.5 Å². The van der Waals surface area contributed by atoms with Crippen molar-refractivity contribution in [2.24, 2.45) is 5.92 Å². The summed E-state index contributed by atoms with van der Waals surface area (Å²) in [6.07, 6.45) is -0.0865. The molecule has 0 spiro atoms. The number of aromatic nitrogens is 1. The number of H-pyrrole nitrogens is 1. The lowest BCUT2D eigenvalue weighted by molar-refractivity contribution is -0.142. The van der Waals surface area contributed by atoms with Gasteiger partial charge >= 0.3 is 11.9 Å². The zero-order chi connectivity index (χ0) is 23.5. The number of hydrogen-bond donors (Lipinski definition) is 2. The minimum absolute atomic E-state index is 0.0386. The smallest absolute Gasteiger partial charge is 0.339 e. The Hall–Kier alpha value is -3.54. The van der Waals surface area contributed by atoms with Gasteiger partial charge in [-0.3, -0.25) is 4.79 Å². The molecule has 2 N–H and O–H groups in total. The molecule has 1 aliphatic rings. The highest BCUT2D eigenvalue weighted by atomic mass is 16.6. The van der Waals surface area contributed by atoms with Crippen LogP contribution in [0.15, 0.2) is 65.9 Å². The summed E-state index contributed by atoms with van der Waals surface area (Å²) < 4.78 is 10.8. The van der Waals surface area contributed by atoms with Crippen LogP contribution in [0.25, 0.3) is 10.9 Å². The Morgan fingerprint density at radius 3 is 2.52 bits per heavy atom. The Kier molecular flexibility index (Phi) is 6.54. The number of aliphatic hydroxyl groups excluding tert-OH is 1. The van der Waals surface area contributed by atoms with Gasteiger partial charge in [0.05, 0.1) is 24.5 Å². The Bertz CT molecular complexity index is 1190. The van der Waals surface area contributed by atoms with E-state index in [4.69, 9.17) is 9.47 Å². The molecule has 3 aromatic rings. The molecule has 0 saturated carbocycles. The van der Waals surface area contributed by atoms with Crippen molar-refractivity contribution in [1.29, 1.82) is 0 Å². The van der Waals surface area contributed by atoms with Gasteiger partial charge in [-0.05, 0) is 36.5 Å². The molecule has 33 heavy (non-hydrogen) atoms. The molecule has 2 aromatic carbocycles. The summed E-state index contributed by atoms with van der Waals surface area (Å²) in [6, 6.07) is 17.2. The largest absolute Gasteiger partial charge is 0.508 e. The third kappa shape index (κ3) is 4.51. The van der Waals surface area contributed by atoms with Crippen molar-refractivity contribution in [1.82, 2.24) is 4.98 Å². The lowest BCUT2D eigenvalue weighted by atomic mass is 9.84. The average Bonchev–Trinajstić information content (AvgIpc) is 3.27. The zero-order valence-corrected chi connectivity index (χ0v) is 19.1. The first-order chi connectivity index (χ1) is 15.9. The van der Waals surface area contributed by atoms with Gasteiger partial charge in [-0.25, -0.2) is 4.79 Å². The molecule has 1 aromatic heterocycles. The van der Waals surface area contributed by atoms with Crippen LogP contribution in [-0.4, -0.2) is 34.7 Å². The minimum atomic E-state index is -0.670. The number of aromatic amines is 1. The molecule has 1 aliphatic heterocycles. The molecule has 4 rings (SSSR count). The summed E-state index contributed by atoms with van der Waals surface area (Å²) in [6.45, 7) is 6.09. The molecule has 172 valence electrons. The Morgan fingerprint density at radius 2 is 1.82 bits per heavy atom. The van der Waals surface area contributed by atoms with Crippen molar-refractivity contribution >= 4 is 22.8 Å². The van der Waals surface area contributed by atoms with Gasteiger partial charge in [-0.15, -0.1) is 0 Å². The summed E-state index contributed by atoms with van der Waals surface area (Å²) >= 11 is 0. The molecule has 2 atom stereocenters. The maximum Gasteiger partial charge on any atom is 0.339 e. The van der Waals surface area contributed by atoms with Gasteiger partial charge in [0, 0.05) is 16.6 Å². The fourth-order valence-corrected chi connectivity index (χ4v) is 4.52. The summed E-state index contributed by atoms with van der Waals surface area (Å²) in [4.78, 5) is 29.0. The van der Waals surface area contributed by atoms with Crippen LogP contribution in [0.1, 0.15) is 49.9 Å². The van der Waals surface area contributed by atoms with Gasteiger partial charge in [-0.2, -0.15) is 0 Å². The first-order valence-corrected chi connectivity index (χ1v) is 11.3. The topological polar surface area (TPSA) is 88.6 Å². The Balaban J connectivity index is 1.92. The maximum absolute atomic E-state index is 13.1. The minimum Gasteiger partial charge on any atom is -0.508 e. The Morgan fingerprint density at radius 1 is 1.12 bits per heavy atom. The fraction of sp³-hybridized carbons (Fsp3) is 0.333. The number of carbonyl (C=O) groups excluding carboxylic acids is 2. The van der Waals surface area contributed by atoms with Crippen molar-refractivity contribution in [2.75, 3.05) is 6.61 Å². The standard InChI is InChI=1S/C27H29NO5/c1-4-32-22(29)15-19-18-12-8-9-13-20(18)28-25(19)23(17-10-6-5-7-11-17)24-26(30)21(14-16(2)3)33-27(24)31/h5-13,16,21,23,28,30H,4,14-15H2,1-3H3. The monoisotopic (exact) mass is 447 g/mol. The molecule has 0 radical (unpaired) electrons. The lowest BCUT2D eigenvalue weighted by Crippen LogP contribution is -2.16. The van der Waals surface area contributed by atoms with Gasteiger partial charge in [0.25, 0.3) is 0 Å². The summed E-state index contributed by atoms with van der Waals surface area (Å²) in [7, 11) is 0. The summed E-state index contributed by atoms with van der Waals surface area (Å²) in [5.41, 5.74) is 3.30. The number of carbonyl (C=O) groups is 2. The SMILES string of the molecule is CCOC(=O)Cc1c(C(C2=C(O)C(CC(C)C)OC2=O)c2ccccc2)[nH]c2ccccc12. The van der Waals surface area contributed by atoms with Crippen LogP contribution in [0.4, 0.5) is 0 Å². The highest BCUT2D eigenvalue weighted by Crippen LogP contribution is 2.42. The van der Waals surface area contributed by atoms with E-state index < -0.39 is 18.0 Å². The normalized spacial score (nSPS) is 17.0. The van der Waals surface area contributed by atoms with E-state index in [2.05, 4.69) is 4.98 Å². The highest BCUT2D eigenvalue weighted by Gasteiger charge is 2.41. The first-order valence-electron chi connectivity index (χ1n) is 11.3. The molecular weight excluding hydrogens is 418 g/mol. The number of hydrogen-bond acceptors (Lipinski definition) is 5. The molecular formula is C27H29NO5. The van der Waals surface area contributed by atoms with E-state index in [0.717, 1.165) is 22.0 Å². The molecule has 2 heterocycles. The first kappa shape index (κ1) is 22.6. The molecule has 0 aliphatic carbocycles. The van der Waals surface area contributed by atoms with E-state index in [0.29, 0.717) is 12.1 Å². The number of rotatable bonds is 8. The summed E-state index contributed by atoms with van der Waals surface area (Å²) in [5.74, 6) is -1.30. The van der Waals surface area contributed by atoms with Crippen LogP contribution < -0.4 is 0 Å². The third-order valence-corrected chi connectivity index (χ3v) is 5.92. The number of cyclic esters (lactones) is 1. The molecule has 6 nitrogen and oxygen atoms in total. The number of para-hydroxylation sites is 1. The second-order valence-electron chi connectivity index (χ2n) is 8.71. The number of ether oxygens (including phenoxy) is 2.